The molecule has 0 heterocycles. The number of rotatable bonds is 11. The Labute approximate surface area is 178 Å². The molecule has 29 heavy (non-hydrogen) atoms. The molecule has 2 aromatic rings. The molecule has 0 spiro atoms. The van der Waals surface area contributed by atoms with Gasteiger partial charge < -0.3 is 15.0 Å². The number of hydrogen-bond donors (Lipinski definition) is 1. The van der Waals surface area contributed by atoms with E-state index in [1.54, 1.807) is 36.1 Å². The van der Waals surface area contributed by atoms with Crippen molar-refractivity contribution in [2.24, 2.45) is 0 Å². The normalized spacial score (nSPS) is 11.6. The highest BCUT2D eigenvalue weighted by Gasteiger charge is 2.24. The molecule has 0 aliphatic heterocycles. The number of halogens is 1. The number of amides is 2. The van der Waals surface area contributed by atoms with Crippen molar-refractivity contribution in [1.29, 1.82) is 0 Å². The van der Waals surface area contributed by atoms with Crippen LogP contribution in [-0.2, 0) is 16.0 Å². The van der Waals surface area contributed by atoms with Crippen LogP contribution in [0.5, 0.6) is 5.75 Å². The molecule has 0 unspecified atom stereocenters. The first-order valence-electron chi connectivity index (χ1n) is 10.0. The lowest BCUT2D eigenvalue weighted by Crippen LogP contribution is -2.48. The zero-order chi connectivity index (χ0) is 21.1. The Morgan fingerprint density at radius 3 is 2.45 bits per heavy atom. The highest BCUT2D eigenvalue weighted by molar-refractivity contribution is 6.30. The molecule has 6 heteroatoms. The summed E-state index contributed by atoms with van der Waals surface area (Å²) >= 11 is 5.86. The lowest BCUT2D eigenvalue weighted by molar-refractivity contribution is -0.140. The molecule has 0 saturated carbocycles. The summed E-state index contributed by atoms with van der Waals surface area (Å²) in [5, 5.41) is 3.46. The van der Waals surface area contributed by atoms with Crippen LogP contribution >= 0.6 is 11.6 Å². The minimum absolute atomic E-state index is 0.0422. The second kappa shape index (κ2) is 12.1. The fourth-order valence-corrected chi connectivity index (χ4v) is 3.11. The molecule has 156 valence electrons. The van der Waals surface area contributed by atoms with Gasteiger partial charge in [-0.25, -0.2) is 0 Å². The quantitative estimate of drug-likeness (QED) is 0.561. The summed E-state index contributed by atoms with van der Waals surface area (Å²) in [5.74, 6) is 0.546. The van der Waals surface area contributed by atoms with Crippen molar-refractivity contribution in [3.8, 4) is 5.75 Å². The van der Waals surface area contributed by atoms with Gasteiger partial charge in [-0.1, -0.05) is 41.9 Å². The standard InChI is InChI=1S/C23H29ClN2O3/c1-3-25-23(28)18(2)26(16-15-19-8-5-4-6-9-19)22(27)10-7-17-29-21-13-11-20(24)12-14-21/h4-6,8-9,11-14,18H,3,7,10,15-17H2,1-2H3,(H,25,28)/t18-/m0/s1. The van der Waals surface area contributed by atoms with Gasteiger partial charge >= 0.3 is 0 Å². The summed E-state index contributed by atoms with van der Waals surface area (Å²) in [6.07, 6.45) is 1.61. The van der Waals surface area contributed by atoms with E-state index in [1.807, 2.05) is 37.3 Å². The number of nitrogens with one attached hydrogen (secondary N) is 1. The monoisotopic (exact) mass is 416 g/mol. The third kappa shape index (κ3) is 7.78. The van der Waals surface area contributed by atoms with Crippen LogP contribution in [-0.4, -0.2) is 42.5 Å². The van der Waals surface area contributed by atoms with Crippen LogP contribution in [0.4, 0.5) is 0 Å². The zero-order valence-corrected chi connectivity index (χ0v) is 17.8. The number of ether oxygens (including phenoxy) is 1. The van der Waals surface area contributed by atoms with Gasteiger partial charge in [0.1, 0.15) is 11.8 Å². The lowest BCUT2D eigenvalue weighted by atomic mass is 10.1. The lowest BCUT2D eigenvalue weighted by Gasteiger charge is -2.28. The van der Waals surface area contributed by atoms with Gasteiger partial charge in [0, 0.05) is 24.5 Å². The second-order valence-electron chi connectivity index (χ2n) is 6.80. The van der Waals surface area contributed by atoms with Crippen molar-refractivity contribution in [2.45, 2.75) is 39.2 Å². The molecule has 0 aliphatic carbocycles. The van der Waals surface area contributed by atoms with Crippen LogP contribution in [0.1, 0.15) is 32.3 Å². The molecule has 0 radical (unpaired) electrons. The van der Waals surface area contributed by atoms with Gasteiger partial charge in [0.15, 0.2) is 0 Å². The first-order chi connectivity index (χ1) is 14.0. The fourth-order valence-electron chi connectivity index (χ4n) is 2.98. The fraction of sp³-hybridized carbons (Fsp3) is 0.391. The van der Waals surface area contributed by atoms with E-state index in [-0.39, 0.29) is 11.8 Å². The van der Waals surface area contributed by atoms with Crippen LogP contribution in [0.2, 0.25) is 5.02 Å². The molecule has 0 bridgehead atoms. The Kier molecular flexibility index (Phi) is 9.51. The Balaban J connectivity index is 1.90. The number of likely N-dealkylation sites (N-methyl/N-ethyl adjacent to an activating group) is 1. The van der Waals surface area contributed by atoms with Crippen molar-refractivity contribution in [3.05, 3.63) is 65.2 Å². The summed E-state index contributed by atoms with van der Waals surface area (Å²) in [7, 11) is 0. The molecule has 0 aliphatic rings. The SMILES string of the molecule is CCNC(=O)[C@H](C)N(CCc1ccccc1)C(=O)CCCOc1ccc(Cl)cc1. The molecule has 2 rings (SSSR count). The second-order valence-corrected chi connectivity index (χ2v) is 7.24. The van der Waals surface area contributed by atoms with Gasteiger partial charge in [-0.3, -0.25) is 9.59 Å². The van der Waals surface area contributed by atoms with Crippen molar-refractivity contribution in [1.82, 2.24) is 10.2 Å². The molecule has 2 amide bonds. The first kappa shape index (κ1) is 22.8. The number of nitrogens with zero attached hydrogens (tertiary/aromatic N) is 1. The highest BCUT2D eigenvalue weighted by Crippen LogP contribution is 2.16. The first-order valence-corrected chi connectivity index (χ1v) is 10.4. The zero-order valence-electron chi connectivity index (χ0n) is 17.1. The minimum Gasteiger partial charge on any atom is -0.494 e. The predicted octanol–water partition coefficient (Wildman–Crippen LogP) is 4.09. The van der Waals surface area contributed by atoms with Gasteiger partial charge in [0.05, 0.1) is 6.61 Å². The summed E-state index contributed by atoms with van der Waals surface area (Å²) in [4.78, 5) is 26.8. The predicted molar refractivity (Wildman–Crippen MR) is 116 cm³/mol. The van der Waals surface area contributed by atoms with Crippen LogP contribution in [0.3, 0.4) is 0 Å². The molecule has 0 aromatic heterocycles. The van der Waals surface area contributed by atoms with Crippen molar-refractivity contribution in [3.63, 3.8) is 0 Å². The van der Waals surface area contributed by atoms with E-state index in [1.165, 1.54) is 0 Å². The summed E-state index contributed by atoms with van der Waals surface area (Å²) in [6, 6.07) is 16.6. The molecule has 2 aromatic carbocycles. The van der Waals surface area contributed by atoms with E-state index in [0.29, 0.717) is 44.0 Å². The van der Waals surface area contributed by atoms with E-state index >= 15 is 0 Å². The molecule has 1 N–H and O–H groups in total. The van der Waals surface area contributed by atoms with Gasteiger partial charge in [0.2, 0.25) is 11.8 Å². The van der Waals surface area contributed by atoms with Gasteiger partial charge in [0.25, 0.3) is 0 Å². The largest absolute Gasteiger partial charge is 0.494 e. The average molecular weight is 417 g/mol. The van der Waals surface area contributed by atoms with Gasteiger partial charge in [-0.15, -0.1) is 0 Å². The minimum atomic E-state index is -0.511. The molecular weight excluding hydrogens is 388 g/mol. The van der Waals surface area contributed by atoms with Crippen LogP contribution in [0.25, 0.3) is 0 Å². The summed E-state index contributed by atoms with van der Waals surface area (Å²) in [5.41, 5.74) is 1.14. The summed E-state index contributed by atoms with van der Waals surface area (Å²) < 4.78 is 5.66. The number of benzene rings is 2. The Bertz CT molecular complexity index is 765. The van der Waals surface area contributed by atoms with Gasteiger partial charge in [-0.2, -0.15) is 0 Å². The Morgan fingerprint density at radius 1 is 1.10 bits per heavy atom. The van der Waals surface area contributed by atoms with Gasteiger partial charge in [-0.05, 0) is 56.5 Å². The highest BCUT2D eigenvalue weighted by atomic mass is 35.5. The summed E-state index contributed by atoms with van der Waals surface area (Å²) in [6.45, 7) is 5.11. The molecule has 5 nitrogen and oxygen atoms in total. The van der Waals surface area contributed by atoms with Crippen LogP contribution in [0, 0.1) is 0 Å². The van der Waals surface area contributed by atoms with Crippen molar-refractivity contribution in [2.75, 3.05) is 19.7 Å². The third-order valence-corrected chi connectivity index (χ3v) is 4.87. The maximum atomic E-state index is 12.8. The topological polar surface area (TPSA) is 58.6 Å². The number of carbonyl (C=O) groups is 2. The van der Waals surface area contributed by atoms with E-state index in [9.17, 15) is 9.59 Å². The van der Waals surface area contributed by atoms with Crippen LogP contribution in [0.15, 0.2) is 54.6 Å². The van der Waals surface area contributed by atoms with E-state index < -0.39 is 6.04 Å². The van der Waals surface area contributed by atoms with Crippen LogP contribution < -0.4 is 10.1 Å². The Morgan fingerprint density at radius 2 is 1.79 bits per heavy atom. The van der Waals surface area contributed by atoms with Crippen molar-refractivity contribution >= 4 is 23.4 Å². The smallest absolute Gasteiger partial charge is 0.242 e. The Hall–Kier alpha value is -2.53. The van der Waals surface area contributed by atoms with E-state index in [0.717, 1.165) is 11.3 Å². The van der Waals surface area contributed by atoms with Crippen molar-refractivity contribution < 1.29 is 14.3 Å². The van der Waals surface area contributed by atoms with E-state index in [4.69, 9.17) is 16.3 Å². The van der Waals surface area contributed by atoms with E-state index in [2.05, 4.69) is 5.32 Å². The molecule has 0 fully saturated rings. The molecule has 1 atom stereocenters. The maximum Gasteiger partial charge on any atom is 0.242 e. The third-order valence-electron chi connectivity index (χ3n) is 4.62. The maximum absolute atomic E-state index is 12.8. The number of carbonyl (C=O) groups excluding carboxylic acids is 2. The molecular formula is C23H29ClN2O3. The molecule has 0 saturated heterocycles. The average Bonchev–Trinajstić information content (AvgIpc) is 2.73. The number of hydrogen-bond acceptors (Lipinski definition) is 3.